The minimum atomic E-state index is -0.964. The fourth-order valence-electron chi connectivity index (χ4n) is 1.18. The van der Waals surface area contributed by atoms with Gasteiger partial charge in [-0.2, -0.15) is 0 Å². The van der Waals surface area contributed by atoms with Crippen LogP contribution >= 0.6 is 0 Å². The summed E-state index contributed by atoms with van der Waals surface area (Å²) < 4.78 is 0. The number of aliphatic carboxylic acids is 1. The third-order valence-electron chi connectivity index (χ3n) is 1.96. The van der Waals surface area contributed by atoms with Crippen molar-refractivity contribution >= 4 is 11.8 Å². The summed E-state index contributed by atoms with van der Waals surface area (Å²) in [5, 5.41) is 17.4. The zero-order chi connectivity index (χ0) is 11.3. The molecule has 0 aliphatic carbocycles. The number of carbonyl (C=O) groups excluding carboxylic acids is 1. The van der Waals surface area contributed by atoms with Crippen LogP contribution in [-0.2, 0) is 16.0 Å². The van der Waals surface area contributed by atoms with Crippen LogP contribution in [0.5, 0.6) is 5.75 Å². The number of Topliss-reactive ketones (excluding diaryl/α,β-unsaturated/α-hetero) is 1. The molecule has 0 atom stereocenters. The Hall–Kier alpha value is -1.84. The van der Waals surface area contributed by atoms with Crippen LogP contribution in [0.15, 0.2) is 24.3 Å². The third kappa shape index (κ3) is 4.26. The molecule has 1 rings (SSSR count). The predicted octanol–water partition coefficient (Wildman–Crippen LogP) is 1.37. The van der Waals surface area contributed by atoms with Crippen molar-refractivity contribution in [1.29, 1.82) is 0 Å². The first-order valence-electron chi connectivity index (χ1n) is 4.59. The fraction of sp³-hybridized carbons (Fsp3) is 0.273. The van der Waals surface area contributed by atoms with Crippen molar-refractivity contribution < 1.29 is 19.8 Å². The van der Waals surface area contributed by atoms with Gasteiger partial charge in [-0.25, -0.2) is 0 Å². The van der Waals surface area contributed by atoms with Crippen LogP contribution < -0.4 is 0 Å². The summed E-state index contributed by atoms with van der Waals surface area (Å²) in [5.74, 6) is -0.922. The van der Waals surface area contributed by atoms with Gasteiger partial charge in [-0.15, -0.1) is 0 Å². The van der Waals surface area contributed by atoms with Crippen LogP contribution in [0.1, 0.15) is 18.4 Å². The molecule has 0 saturated heterocycles. The van der Waals surface area contributed by atoms with Gasteiger partial charge in [0, 0.05) is 12.8 Å². The van der Waals surface area contributed by atoms with E-state index in [9.17, 15) is 9.59 Å². The van der Waals surface area contributed by atoms with Crippen LogP contribution in [0.4, 0.5) is 0 Å². The monoisotopic (exact) mass is 208 g/mol. The van der Waals surface area contributed by atoms with Crippen molar-refractivity contribution in [3.63, 3.8) is 0 Å². The van der Waals surface area contributed by atoms with Gasteiger partial charge in [0.2, 0.25) is 0 Å². The number of rotatable bonds is 5. The SMILES string of the molecule is O=C(O)CCC(=O)Cc1ccc(O)cc1. The Balaban J connectivity index is 2.44. The molecule has 4 nitrogen and oxygen atoms in total. The Morgan fingerprint density at radius 2 is 1.67 bits per heavy atom. The third-order valence-corrected chi connectivity index (χ3v) is 1.96. The van der Waals surface area contributed by atoms with Crippen molar-refractivity contribution in [3.05, 3.63) is 29.8 Å². The molecule has 15 heavy (non-hydrogen) atoms. The second-order valence-electron chi connectivity index (χ2n) is 3.28. The summed E-state index contributed by atoms with van der Waals surface area (Å²) in [6, 6.07) is 6.29. The Bertz CT molecular complexity index is 353. The maximum Gasteiger partial charge on any atom is 0.303 e. The average molecular weight is 208 g/mol. The van der Waals surface area contributed by atoms with E-state index < -0.39 is 5.97 Å². The van der Waals surface area contributed by atoms with Gasteiger partial charge in [-0.05, 0) is 17.7 Å². The van der Waals surface area contributed by atoms with Crippen molar-refractivity contribution in [2.75, 3.05) is 0 Å². The molecule has 0 fully saturated rings. The number of hydrogen-bond donors (Lipinski definition) is 2. The lowest BCUT2D eigenvalue weighted by Crippen LogP contribution is -2.05. The van der Waals surface area contributed by atoms with E-state index in [0.717, 1.165) is 5.56 Å². The highest BCUT2D eigenvalue weighted by molar-refractivity contribution is 5.84. The first-order chi connectivity index (χ1) is 7.08. The Morgan fingerprint density at radius 3 is 2.20 bits per heavy atom. The largest absolute Gasteiger partial charge is 0.508 e. The van der Waals surface area contributed by atoms with Crippen LogP contribution in [0, 0.1) is 0 Å². The highest BCUT2D eigenvalue weighted by Crippen LogP contribution is 2.11. The molecule has 0 saturated carbocycles. The first kappa shape index (κ1) is 11.2. The quantitative estimate of drug-likeness (QED) is 0.766. The molecule has 0 heterocycles. The number of phenolic OH excluding ortho intramolecular Hbond substituents is 1. The number of carbonyl (C=O) groups is 2. The second-order valence-corrected chi connectivity index (χ2v) is 3.28. The van der Waals surface area contributed by atoms with Crippen molar-refractivity contribution in [3.8, 4) is 5.75 Å². The lowest BCUT2D eigenvalue weighted by atomic mass is 10.1. The van der Waals surface area contributed by atoms with Gasteiger partial charge >= 0.3 is 5.97 Å². The van der Waals surface area contributed by atoms with Gasteiger partial charge in [0.1, 0.15) is 11.5 Å². The van der Waals surface area contributed by atoms with Crippen LogP contribution in [0.25, 0.3) is 0 Å². The van der Waals surface area contributed by atoms with E-state index in [0.29, 0.717) is 0 Å². The average Bonchev–Trinajstić information content (AvgIpc) is 2.19. The Kier molecular flexibility index (Phi) is 3.85. The molecule has 1 aromatic carbocycles. The topological polar surface area (TPSA) is 74.6 Å². The van der Waals surface area contributed by atoms with E-state index >= 15 is 0 Å². The van der Waals surface area contributed by atoms with E-state index in [1.807, 2.05) is 0 Å². The van der Waals surface area contributed by atoms with E-state index in [1.54, 1.807) is 12.1 Å². The standard InChI is InChI=1S/C11H12O4/c12-9-3-1-8(2-4-9)7-10(13)5-6-11(14)15/h1-4,12H,5-7H2,(H,14,15). The number of hydrogen-bond acceptors (Lipinski definition) is 3. The lowest BCUT2D eigenvalue weighted by molar-refractivity contribution is -0.138. The Labute approximate surface area is 87.2 Å². The maximum atomic E-state index is 11.3. The molecule has 80 valence electrons. The summed E-state index contributed by atoms with van der Waals surface area (Å²) in [6.07, 6.45) is 0.140. The fourth-order valence-corrected chi connectivity index (χ4v) is 1.18. The molecule has 0 unspecified atom stereocenters. The second kappa shape index (κ2) is 5.14. The van der Waals surface area contributed by atoms with E-state index in [1.165, 1.54) is 12.1 Å². The smallest absolute Gasteiger partial charge is 0.303 e. The molecule has 1 aromatic rings. The normalized spacial score (nSPS) is 9.87. The molecule has 0 spiro atoms. The van der Waals surface area contributed by atoms with Crippen LogP contribution in [0.2, 0.25) is 0 Å². The summed E-state index contributed by atoms with van der Waals surface area (Å²) in [5.41, 5.74) is 0.781. The summed E-state index contributed by atoms with van der Waals surface area (Å²) >= 11 is 0. The maximum absolute atomic E-state index is 11.3. The van der Waals surface area contributed by atoms with Crippen molar-refractivity contribution in [2.45, 2.75) is 19.3 Å². The van der Waals surface area contributed by atoms with Gasteiger partial charge in [0.05, 0.1) is 6.42 Å². The van der Waals surface area contributed by atoms with Gasteiger partial charge in [-0.3, -0.25) is 9.59 Å². The number of aromatic hydroxyl groups is 1. The Morgan fingerprint density at radius 1 is 1.07 bits per heavy atom. The van der Waals surface area contributed by atoms with E-state index in [2.05, 4.69) is 0 Å². The minimum Gasteiger partial charge on any atom is -0.508 e. The molecule has 2 N–H and O–H groups in total. The number of benzene rings is 1. The zero-order valence-electron chi connectivity index (χ0n) is 8.14. The molecule has 0 radical (unpaired) electrons. The number of carboxylic acid groups (broad SMARTS) is 1. The molecular formula is C11H12O4. The molecule has 0 aliphatic heterocycles. The molecule has 0 aromatic heterocycles. The van der Waals surface area contributed by atoms with Crippen molar-refractivity contribution in [1.82, 2.24) is 0 Å². The molecule has 0 aliphatic rings. The van der Waals surface area contributed by atoms with Crippen molar-refractivity contribution in [2.24, 2.45) is 0 Å². The molecule has 4 heteroatoms. The van der Waals surface area contributed by atoms with E-state index in [4.69, 9.17) is 10.2 Å². The highest BCUT2D eigenvalue weighted by Gasteiger charge is 2.06. The molecular weight excluding hydrogens is 196 g/mol. The highest BCUT2D eigenvalue weighted by atomic mass is 16.4. The lowest BCUT2D eigenvalue weighted by Gasteiger charge is -2.00. The summed E-state index contributed by atoms with van der Waals surface area (Å²) in [6.45, 7) is 0. The first-order valence-corrected chi connectivity index (χ1v) is 4.59. The van der Waals surface area contributed by atoms with Gasteiger partial charge in [0.25, 0.3) is 0 Å². The number of ketones is 1. The van der Waals surface area contributed by atoms with Crippen LogP contribution in [-0.4, -0.2) is 22.0 Å². The zero-order valence-corrected chi connectivity index (χ0v) is 8.14. The molecule has 0 bridgehead atoms. The van der Waals surface area contributed by atoms with E-state index in [-0.39, 0.29) is 30.8 Å². The summed E-state index contributed by atoms with van der Waals surface area (Å²) in [7, 11) is 0. The predicted molar refractivity (Wildman–Crippen MR) is 53.7 cm³/mol. The van der Waals surface area contributed by atoms with Gasteiger partial charge in [0.15, 0.2) is 0 Å². The number of phenols is 1. The summed E-state index contributed by atoms with van der Waals surface area (Å²) in [4.78, 5) is 21.5. The molecule has 0 amide bonds. The minimum absolute atomic E-state index is 0.0518. The van der Waals surface area contributed by atoms with Crippen LogP contribution in [0.3, 0.4) is 0 Å². The van der Waals surface area contributed by atoms with Gasteiger partial charge in [-0.1, -0.05) is 12.1 Å². The number of carboxylic acids is 1. The van der Waals surface area contributed by atoms with Gasteiger partial charge < -0.3 is 10.2 Å².